The number of carbonyl (C=O) groups excluding carboxylic acids is 1. The molecule has 0 fully saturated rings. The molecule has 1 atom stereocenters. The van der Waals surface area contributed by atoms with E-state index in [1.807, 2.05) is 42.5 Å². The summed E-state index contributed by atoms with van der Waals surface area (Å²) in [6, 6.07) is 13.3. The van der Waals surface area contributed by atoms with E-state index in [1.54, 1.807) is 14.2 Å². The maximum atomic E-state index is 12.0. The van der Waals surface area contributed by atoms with E-state index in [1.165, 1.54) is 12.0 Å². The summed E-state index contributed by atoms with van der Waals surface area (Å²) in [5, 5.41) is 1.42. The van der Waals surface area contributed by atoms with Crippen LogP contribution in [-0.4, -0.2) is 25.2 Å². The number of fused-ring (bicyclic) bond motifs is 1. The topological polar surface area (TPSA) is 48.0 Å². The van der Waals surface area contributed by atoms with Crippen molar-refractivity contribution < 1.29 is 19.1 Å². The summed E-state index contributed by atoms with van der Waals surface area (Å²) < 4.78 is 10.8. The third-order valence-corrected chi connectivity index (χ3v) is 3.96. The van der Waals surface area contributed by atoms with Crippen LogP contribution in [0.5, 0.6) is 11.5 Å². The van der Waals surface area contributed by atoms with Crippen LogP contribution in [0.4, 0.5) is 0 Å². The van der Waals surface area contributed by atoms with Gasteiger partial charge < -0.3 is 9.47 Å². The molecule has 0 saturated heterocycles. The minimum Gasteiger partial charge on any atom is -0.493 e. The van der Waals surface area contributed by atoms with Crippen LogP contribution in [0.25, 0.3) is 0 Å². The quantitative estimate of drug-likeness (QED) is 0.873. The van der Waals surface area contributed by atoms with Crippen LogP contribution < -0.4 is 9.47 Å². The van der Waals surface area contributed by atoms with Crippen molar-refractivity contribution in [2.45, 2.75) is 19.6 Å². The molecule has 1 amide bonds. The van der Waals surface area contributed by atoms with Gasteiger partial charge in [0.05, 0.1) is 14.2 Å². The van der Waals surface area contributed by atoms with Crippen molar-refractivity contribution in [2.75, 3.05) is 14.2 Å². The van der Waals surface area contributed by atoms with Crippen LogP contribution >= 0.6 is 0 Å². The Morgan fingerprint density at radius 1 is 1.13 bits per heavy atom. The molecule has 1 unspecified atom stereocenters. The van der Waals surface area contributed by atoms with E-state index in [0.717, 1.165) is 16.7 Å². The van der Waals surface area contributed by atoms with Crippen LogP contribution in [0.3, 0.4) is 0 Å². The van der Waals surface area contributed by atoms with Gasteiger partial charge in [0.25, 0.3) is 0 Å². The van der Waals surface area contributed by atoms with E-state index in [-0.39, 0.29) is 11.9 Å². The summed E-state index contributed by atoms with van der Waals surface area (Å²) in [5.74, 6) is 1.15. The van der Waals surface area contributed by atoms with Gasteiger partial charge in [-0.2, -0.15) is 0 Å². The Bertz CT molecular complexity index is 714. The fourth-order valence-electron chi connectivity index (χ4n) is 2.88. The Morgan fingerprint density at radius 3 is 2.39 bits per heavy atom. The monoisotopic (exact) mass is 313 g/mol. The largest absolute Gasteiger partial charge is 0.493 e. The highest BCUT2D eigenvalue weighted by atomic mass is 16.7. The molecule has 5 heteroatoms. The molecule has 0 bridgehead atoms. The Hall–Kier alpha value is -2.53. The minimum atomic E-state index is -0.308. The number of methoxy groups -OCH3 is 2. The number of benzene rings is 2. The normalized spacial score (nSPS) is 16.7. The second kappa shape index (κ2) is 6.30. The SMILES string of the molecule is COc1cc2c(cc1OC)C(c1ccccc1)N(C(C)=O)OC2. The predicted octanol–water partition coefficient (Wildman–Crippen LogP) is 3.09. The number of rotatable bonds is 3. The maximum Gasteiger partial charge on any atom is 0.243 e. The standard InChI is InChI=1S/C18H19NO4/c1-12(20)19-18(13-7-5-4-6-8-13)15-10-17(22-3)16(21-2)9-14(15)11-23-19/h4-10,18H,11H2,1-3H3. The van der Waals surface area contributed by atoms with Crippen LogP contribution in [0.1, 0.15) is 29.7 Å². The lowest BCUT2D eigenvalue weighted by Crippen LogP contribution is -2.37. The van der Waals surface area contributed by atoms with Crippen molar-refractivity contribution in [3.63, 3.8) is 0 Å². The summed E-state index contributed by atoms with van der Waals surface area (Å²) in [4.78, 5) is 17.7. The van der Waals surface area contributed by atoms with Crippen LogP contribution in [-0.2, 0) is 16.2 Å². The number of hydroxylamine groups is 2. The van der Waals surface area contributed by atoms with Gasteiger partial charge in [0.15, 0.2) is 11.5 Å². The lowest BCUT2D eigenvalue weighted by molar-refractivity contribution is -0.206. The maximum absolute atomic E-state index is 12.0. The van der Waals surface area contributed by atoms with E-state index >= 15 is 0 Å². The fraction of sp³-hybridized carbons (Fsp3) is 0.278. The highest BCUT2D eigenvalue weighted by Crippen LogP contribution is 2.41. The fourth-order valence-corrected chi connectivity index (χ4v) is 2.88. The van der Waals surface area contributed by atoms with Gasteiger partial charge in [-0.15, -0.1) is 0 Å². The van der Waals surface area contributed by atoms with Crippen molar-refractivity contribution in [3.05, 3.63) is 59.2 Å². The van der Waals surface area contributed by atoms with Crippen molar-refractivity contribution in [1.82, 2.24) is 5.06 Å². The van der Waals surface area contributed by atoms with Gasteiger partial charge in [0.2, 0.25) is 5.91 Å². The van der Waals surface area contributed by atoms with Crippen molar-refractivity contribution in [3.8, 4) is 11.5 Å². The molecule has 2 aromatic rings. The molecule has 2 aromatic carbocycles. The zero-order valence-electron chi connectivity index (χ0n) is 13.4. The Balaban J connectivity index is 2.17. The molecule has 1 heterocycles. The van der Waals surface area contributed by atoms with Gasteiger partial charge in [-0.05, 0) is 28.8 Å². The van der Waals surface area contributed by atoms with Gasteiger partial charge in [-0.1, -0.05) is 30.3 Å². The molecule has 23 heavy (non-hydrogen) atoms. The van der Waals surface area contributed by atoms with Crippen molar-refractivity contribution in [2.24, 2.45) is 0 Å². The van der Waals surface area contributed by atoms with Gasteiger partial charge in [0.1, 0.15) is 12.6 Å². The van der Waals surface area contributed by atoms with Gasteiger partial charge in [0, 0.05) is 6.92 Å². The first kappa shape index (κ1) is 15.4. The molecule has 5 nitrogen and oxygen atoms in total. The summed E-state index contributed by atoms with van der Waals surface area (Å²) in [5.41, 5.74) is 2.94. The highest BCUT2D eigenvalue weighted by molar-refractivity contribution is 5.74. The molecule has 1 aliphatic heterocycles. The first-order valence-corrected chi connectivity index (χ1v) is 7.38. The molecular formula is C18H19NO4. The lowest BCUT2D eigenvalue weighted by Gasteiger charge is -2.36. The molecule has 0 aromatic heterocycles. The lowest BCUT2D eigenvalue weighted by atomic mass is 9.92. The third-order valence-electron chi connectivity index (χ3n) is 3.96. The molecule has 0 N–H and O–H groups in total. The first-order valence-electron chi connectivity index (χ1n) is 7.38. The minimum absolute atomic E-state index is 0.140. The molecule has 120 valence electrons. The summed E-state index contributed by atoms with van der Waals surface area (Å²) >= 11 is 0. The Kier molecular flexibility index (Phi) is 4.21. The van der Waals surface area contributed by atoms with E-state index in [4.69, 9.17) is 14.3 Å². The molecular weight excluding hydrogens is 294 g/mol. The summed E-state index contributed by atoms with van der Waals surface area (Å²) in [7, 11) is 3.20. The number of nitrogens with zero attached hydrogens (tertiary/aromatic N) is 1. The molecule has 3 rings (SSSR count). The molecule has 0 spiro atoms. The third kappa shape index (κ3) is 2.75. The number of carbonyl (C=O) groups is 1. The zero-order chi connectivity index (χ0) is 16.4. The Morgan fingerprint density at radius 2 is 1.78 bits per heavy atom. The first-order chi connectivity index (χ1) is 11.2. The Labute approximate surface area is 135 Å². The molecule has 0 radical (unpaired) electrons. The van der Waals surface area contributed by atoms with Crippen molar-refractivity contribution in [1.29, 1.82) is 0 Å². The van der Waals surface area contributed by atoms with E-state index in [2.05, 4.69) is 0 Å². The van der Waals surface area contributed by atoms with E-state index in [9.17, 15) is 4.79 Å². The van der Waals surface area contributed by atoms with Crippen LogP contribution in [0.15, 0.2) is 42.5 Å². The van der Waals surface area contributed by atoms with E-state index < -0.39 is 0 Å². The summed E-state index contributed by atoms with van der Waals surface area (Å²) in [6.07, 6.45) is 0. The number of hydrogen-bond acceptors (Lipinski definition) is 4. The van der Waals surface area contributed by atoms with Crippen molar-refractivity contribution >= 4 is 5.91 Å². The number of ether oxygens (including phenoxy) is 2. The average molecular weight is 313 g/mol. The van der Waals surface area contributed by atoms with Gasteiger partial charge >= 0.3 is 0 Å². The number of hydrogen-bond donors (Lipinski definition) is 0. The molecule has 0 aliphatic carbocycles. The van der Waals surface area contributed by atoms with Crippen LogP contribution in [0.2, 0.25) is 0 Å². The highest BCUT2D eigenvalue weighted by Gasteiger charge is 2.33. The second-order valence-corrected chi connectivity index (χ2v) is 5.34. The molecule has 0 saturated carbocycles. The smallest absolute Gasteiger partial charge is 0.243 e. The summed E-state index contributed by atoms with van der Waals surface area (Å²) in [6.45, 7) is 1.82. The second-order valence-electron chi connectivity index (χ2n) is 5.34. The predicted molar refractivity (Wildman–Crippen MR) is 85.1 cm³/mol. The van der Waals surface area contributed by atoms with Gasteiger partial charge in [-0.25, -0.2) is 5.06 Å². The number of amides is 1. The molecule has 1 aliphatic rings. The van der Waals surface area contributed by atoms with Gasteiger partial charge in [-0.3, -0.25) is 9.63 Å². The average Bonchev–Trinajstić information content (AvgIpc) is 2.59. The van der Waals surface area contributed by atoms with E-state index in [0.29, 0.717) is 18.1 Å². The zero-order valence-corrected chi connectivity index (χ0v) is 13.4. The van der Waals surface area contributed by atoms with Crippen LogP contribution in [0, 0.1) is 0 Å².